The number of imide groups is 1. The molecule has 0 fully saturated rings. The summed E-state index contributed by atoms with van der Waals surface area (Å²) in [5.41, 5.74) is 0.775. The Morgan fingerprint density at radius 1 is 1.04 bits per heavy atom. The summed E-state index contributed by atoms with van der Waals surface area (Å²) in [6, 6.07) is 4.57. The first kappa shape index (κ1) is 20.7. The number of ether oxygens (including phenoxy) is 1. The van der Waals surface area contributed by atoms with E-state index in [0.717, 1.165) is 4.47 Å². The highest BCUT2D eigenvalue weighted by molar-refractivity contribution is 9.10. The summed E-state index contributed by atoms with van der Waals surface area (Å²) in [5.74, 6) is -0.650. The molecule has 1 aliphatic rings. The number of carbonyl (C=O) groups is 4. The summed E-state index contributed by atoms with van der Waals surface area (Å²) in [7, 11) is 0. The summed E-state index contributed by atoms with van der Waals surface area (Å²) in [6.07, 6.45) is -0.103. The fourth-order valence-electron chi connectivity index (χ4n) is 2.49. The van der Waals surface area contributed by atoms with Gasteiger partial charge in [0.05, 0.1) is 17.7 Å². The molecule has 0 aliphatic carbocycles. The molecule has 0 atom stereocenters. The van der Waals surface area contributed by atoms with Crippen molar-refractivity contribution in [3.8, 4) is 0 Å². The Morgan fingerprint density at radius 2 is 1.70 bits per heavy atom. The van der Waals surface area contributed by atoms with Gasteiger partial charge in [-0.3, -0.25) is 14.5 Å². The normalized spacial score (nSPS) is 12.6. The average Bonchev–Trinajstić information content (AvgIpc) is 2.86. The van der Waals surface area contributed by atoms with Crippen molar-refractivity contribution < 1.29 is 23.9 Å². The molecule has 0 aromatic heterocycles. The lowest BCUT2D eigenvalue weighted by molar-refractivity contribution is 0.0653. The van der Waals surface area contributed by atoms with Gasteiger partial charge in [0, 0.05) is 30.7 Å². The van der Waals surface area contributed by atoms with Gasteiger partial charge in [-0.15, -0.1) is 0 Å². The van der Waals surface area contributed by atoms with Crippen LogP contribution in [0.3, 0.4) is 0 Å². The molecule has 1 aromatic carbocycles. The number of hydrogen-bond acceptors (Lipinski definition) is 5. The van der Waals surface area contributed by atoms with Crippen molar-refractivity contribution in [2.45, 2.75) is 13.3 Å². The minimum atomic E-state index is -0.535. The van der Waals surface area contributed by atoms with Gasteiger partial charge in [0.1, 0.15) is 0 Å². The standard InChI is InChI=1S/C17H21BrN4O5/c1-2-27-17(26)21-8-7-20-16(25)19-6-3-9-22-14(23)12-5-4-11(18)10-13(12)15(22)24/h4-5,10H,2-3,6-9H2,1H3,(H,21,26)(H2,19,20,25). The monoisotopic (exact) mass is 440 g/mol. The number of halogens is 1. The van der Waals surface area contributed by atoms with Gasteiger partial charge in [0.2, 0.25) is 0 Å². The van der Waals surface area contributed by atoms with E-state index in [2.05, 4.69) is 36.6 Å². The fourth-order valence-corrected chi connectivity index (χ4v) is 2.85. The van der Waals surface area contributed by atoms with Gasteiger partial charge in [-0.2, -0.15) is 0 Å². The summed E-state index contributed by atoms with van der Waals surface area (Å²) in [4.78, 5) is 48.4. The number of hydrogen-bond donors (Lipinski definition) is 3. The van der Waals surface area contributed by atoms with Gasteiger partial charge in [0.25, 0.3) is 11.8 Å². The minimum Gasteiger partial charge on any atom is -0.450 e. The van der Waals surface area contributed by atoms with E-state index in [1.165, 1.54) is 4.90 Å². The molecule has 10 heteroatoms. The lowest BCUT2D eigenvalue weighted by Gasteiger charge is -2.14. The molecule has 0 radical (unpaired) electrons. The van der Waals surface area contributed by atoms with Gasteiger partial charge in [-0.1, -0.05) is 15.9 Å². The van der Waals surface area contributed by atoms with Crippen LogP contribution in [0.15, 0.2) is 22.7 Å². The molecule has 9 nitrogen and oxygen atoms in total. The van der Waals surface area contributed by atoms with Crippen LogP contribution < -0.4 is 16.0 Å². The third kappa shape index (κ3) is 5.68. The highest BCUT2D eigenvalue weighted by Gasteiger charge is 2.34. The van der Waals surface area contributed by atoms with Crippen molar-refractivity contribution >= 4 is 39.9 Å². The highest BCUT2D eigenvalue weighted by atomic mass is 79.9. The van der Waals surface area contributed by atoms with E-state index >= 15 is 0 Å². The Labute approximate surface area is 164 Å². The molecule has 5 amide bonds. The molecule has 1 heterocycles. The van der Waals surface area contributed by atoms with Gasteiger partial charge in [0.15, 0.2) is 0 Å². The molecular weight excluding hydrogens is 420 g/mol. The van der Waals surface area contributed by atoms with Crippen LogP contribution in [0.5, 0.6) is 0 Å². The summed E-state index contributed by atoms with van der Waals surface area (Å²) in [6.45, 7) is 2.99. The number of alkyl carbamates (subject to hydrolysis) is 1. The van der Waals surface area contributed by atoms with Gasteiger partial charge in [-0.25, -0.2) is 9.59 Å². The summed E-state index contributed by atoms with van der Waals surface area (Å²) >= 11 is 3.29. The van der Waals surface area contributed by atoms with E-state index in [-0.39, 0.29) is 38.1 Å². The summed E-state index contributed by atoms with van der Waals surface area (Å²) < 4.78 is 5.42. The maximum absolute atomic E-state index is 12.3. The van der Waals surface area contributed by atoms with Crippen LogP contribution in [0, 0.1) is 0 Å². The lowest BCUT2D eigenvalue weighted by atomic mass is 10.1. The van der Waals surface area contributed by atoms with E-state index in [1.807, 2.05) is 0 Å². The number of amides is 5. The lowest BCUT2D eigenvalue weighted by Crippen LogP contribution is -2.41. The van der Waals surface area contributed by atoms with E-state index in [1.54, 1.807) is 25.1 Å². The maximum atomic E-state index is 12.3. The molecular formula is C17H21BrN4O5. The molecule has 2 rings (SSSR count). The number of urea groups is 1. The Balaban J connectivity index is 1.64. The van der Waals surface area contributed by atoms with Crippen LogP contribution in [0.1, 0.15) is 34.1 Å². The van der Waals surface area contributed by atoms with Crippen molar-refractivity contribution in [1.82, 2.24) is 20.9 Å². The number of benzene rings is 1. The maximum Gasteiger partial charge on any atom is 0.407 e. The molecule has 0 spiro atoms. The first-order valence-corrected chi connectivity index (χ1v) is 9.31. The minimum absolute atomic E-state index is 0.217. The van der Waals surface area contributed by atoms with Crippen molar-refractivity contribution in [3.63, 3.8) is 0 Å². The van der Waals surface area contributed by atoms with Crippen LogP contribution in [-0.4, -0.2) is 61.6 Å². The van der Waals surface area contributed by atoms with Gasteiger partial charge in [-0.05, 0) is 31.5 Å². The summed E-state index contributed by atoms with van der Waals surface area (Å²) in [5, 5.41) is 7.68. The van der Waals surface area contributed by atoms with Gasteiger partial charge >= 0.3 is 12.1 Å². The molecule has 1 aliphatic heterocycles. The Morgan fingerprint density at radius 3 is 2.44 bits per heavy atom. The van der Waals surface area contributed by atoms with Crippen molar-refractivity contribution in [3.05, 3.63) is 33.8 Å². The van der Waals surface area contributed by atoms with Crippen molar-refractivity contribution in [1.29, 1.82) is 0 Å². The predicted octanol–water partition coefficient (Wildman–Crippen LogP) is 1.48. The Bertz CT molecular complexity index is 740. The van der Waals surface area contributed by atoms with Crippen LogP contribution in [0.2, 0.25) is 0 Å². The first-order chi connectivity index (χ1) is 12.9. The van der Waals surface area contributed by atoms with Crippen molar-refractivity contribution in [2.24, 2.45) is 0 Å². The van der Waals surface area contributed by atoms with E-state index in [0.29, 0.717) is 24.1 Å². The molecule has 3 N–H and O–H groups in total. The van der Waals surface area contributed by atoms with E-state index in [4.69, 9.17) is 0 Å². The SMILES string of the molecule is CCOC(=O)NCCNC(=O)NCCCN1C(=O)c2ccc(Br)cc2C1=O. The van der Waals surface area contributed by atoms with Crippen LogP contribution >= 0.6 is 15.9 Å². The third-order valence-electron chi connectivity index (χ3n) is 3.73. The number of nitrogens with zero attached hydrogens (tertiary/aromatic N) is 1. The first-order valence-electron chi connectivity index (χ1n) is 8.52. The molecule has 0 saturated carbocycles. The zero-order chi connectivity index (χ0) is 19.8. The number of carbonyl (C=O) groups excluding carboxylic acids is 4. The molecule has 0 unspecified atom stereocenters. The predicted molar refractivity (Wildman–Crippen MR) is 101 cm³/mol. The van der Waals surface area contributed by atoms with Crippen LogP contribution in [-0.2, 0) is 4.74 Å². The van der Waals surface area contributed by atoms with Crippen molar-refractivity contribution in [2.75, 3.05) is 32.8 Å². The van der Waals surface area contributed by atoms with E-state index in [9.17, 15) is 19.2 Å². The average molecular weight is 441 g/mol. The smallest absolute Gasteiger partial charge is 0.407 e. The number of rotatable bonds is 8. The van der Waals surface area contributed by atoms with E-state index < -0.39 is 12.1 Å². The quantitative estimate of drug-likeness (QED) is 0.418. The molecule has 146 valence electrons. The van der Waals surface area contributed by atoms with Crippen LogP contribution in [0.25, 0.3) is 0 Å². The highest BCUT2D eigenvalue weighted by Crippen LogP contribution is 2.25. The topological polar surface area (TPSA) is 117 Å². The second kappa shape index (κ2) is 9.91. The number of nitrogens with one attached hydrogen (secondary N) is 3. The molecule has 0 bridgehead atoms. The number of fused-ring (bicyclic) bond motifs is 1. The zero-order valence-corrected chi connectivity index (χ0v) is 16.4. The second-order valence-electron chi connectivity index (χ2n) is 5.64. The second-order valence-corrected chi connectivity index (χ2v) is 6.55. The largest absolute Gasteiger partial charge is 0.450 e. The Kier molecular flexibility index (Phi) is 7.59. The Hall–Kier alpha value is -2.62. The third-order valence-corrected chi connectivity index (χ3v) is 4.23. The molecule has 27 heavy (non-hydrogen) atoms. The van der Waals surface area contributed by atoms with Gasteiger partial charge < -0.3 is 20.7 Å². The van der Waals surface area contributed by atoms with Crippen LogP contribution in [0.4, 0.5) is 9.59 Å². The fraction of sp³-hybridized carbons (Fsp3) is 0.412. The zero-order valence-electron chi connectivity index (χ0n) is 14.8. The molecule has 1 aromatic rings. The molecule has 0 saturated heterocycles.